The predicted octanol–water partition coefficient (Wildman–Crippen LogP) is 1.07. The molecule has 10 heteroatoms. The van der Waals surface area contributed by atoms with Gasteiger partial charge in [0.05, 0.1) is 0 Å². The number of piperidine rings is 1. The standard InChI is InChI=1S/C14H21N3O5S2/c18-12(19)5-1-7-15-14(20)16-11-4-2-8-17(10-11)24(21,22)13-6-3-9-23-13/h3,6,9,11H,1-2,4-5,7-8,10H2,(H,18,19)(H2,15,16,20)/t11-/m1/s1. The van der Waals surface area contributed by atoms with Crippen molar-refractivity contribution in [2.45, 2.75) is 35.9 Å². The Hall–Kier alpha value is -1.65. The first-order valence-corrected chi connectivity index (χ1v) is 10.0. The van der Waals surface area contributed by atoms with Crippen molar-refractivity contribution in [3.63, 3.8) is 0 Å². The Morgan fingerprint density at radius 1 is 1.42 bits per heavy atom. The third-order valence-corrected chi connectivity index (χ3v) is 6.90. The second-order valence-electron chi connectivity index (χ2n) is 5.53. The third kappa shape index (κ3) is 5.18. The number of hydrogen-bond acceptors (Lipinski definition) is 5. The third-order valence-electron chi connectivity index (χ3n) is 3.66. The van der Waals surface area contributed by atoms with Gasteiger partial charge in [0, 0.05) is 32.1 Å². The number of carbonyl (C=O) groups excluding carboxylic acids is 1. The summed E-state index contributed by atoms with van der Waals surface area (Å²) >= 11 is 1.18. The van der Waals surface area contributed by atoms with Gasteiger partial charge in [0.2, 0.25) is 0 Å². The summed E-state index contributed by atoms with van der Waals surface area (Å²) in [5, 5.41) is 15.6. The van der Waals surface area contributed by atoms with Gasteiger partial charge in [0.1, 0.15) is 4.21 Å². The van der Waals surface area contributed by atoms with Crippen molar-refractivity contribution in [2.24, 2.45) is 0 Å². The highest BCUT2D eigenvalue weighted by Gasteiger charge is 2.31. The first-order chi connectivity index (χ1) is 11.4. The zero-order valence-corrected chi connectivity index (χ0v) is 14.7. The molecule has 0 aromatic carbocycles. The monoisotopic (exact) mass is 375 g/mol. The molecule has 1 aliphatic rings. The van der Waals surface area contributed by atoms with Gasteiger partial charge in [-0.1, -0.05) is 6.07 Å². The second-order valence-corrected chi connectivity index (χ2v) is 8.64. The Balaban J connectivity index is 1.83. The van der Waals surface area contributed by atoms with Crippen LogP contribution in [0.3, 0.4) is 0 Å². The second kappa shape index (κ2) is 8.45. The van der Waals surface area contributed by atoms with Gasteiger partial charge in [-0.05, 0) is 30.7 Å². The Kier molecular flexibility index (Phi) is 6.58. The van der Waals surface area contributed by atoms with Gasteiger partial charge in [0.15, 0.2) is 0 Å². The molecule has 0 bridgehead atoms. The molecule has 2 heterocycles. The lowest BCUT2D eigenvalue weighted by Gasteiger charge is -2.32. The molecule has 1 aromatic rings. The Bertz CT molecular complexity index is 660. The number of carbonyl (C=O) groups is 2. The average molecular weight is 375 g/mol. The number of nitrogens with one attached hydrogen (secondary N) is 2. The van der Waals surface area contributed by atoms with Crippen molar-refractivity contribution in [2.75, 3.05) is 19.6 Å². The van der Waals surface area contributed by atoms with Crippen LogP contribution in [-0.2, 0) is 14.8 Å². The number of nitrogens with zero attached hydrogens (tertiary/aromatic N) is 1. The molecule has 0 unspecified atom stereocenters. The van der Waals surface area contributed by atoms with E-state index in [4.69, 9.17) is 5.11 Å². The topological polar surface area (TPSA) is 116 Å². The molecule has 0 spiro atoms. The van der Waals surface area contributed by atoms with Crippen LogP contribution in [0, 0.1) is 0 Å². The summed E-state index contributed by atoms with van der Waals surface area (Å²) in [6.45, 7) is 0.948. The summed E-state index contributed by atoms with van der Waals surface area (Å²) in [6.07, 6.45) is 1.73. The zero-order valence-electron chi connectivity index (χ0n) is 13.1. The lowest BCUT2D eigenvalue weighted by molar-refractivity contribution is -0.137. The summed E-state index contributed by atoms with van der Waals surface area (Å²) in [4.78, 5) is 22.2. The van der Waals surface area contributed by atoms with Gasteiger partial charge in [-0.25, -0.2) is 13.2 Å². The van der Waals surface area contributed by atoms with Crippen molar-refractivity contribution >= 4 is 33.4 Å². The number of carboxylic acid groups (broad SMARTS) is 1. The molecule has 0 saturated carbocycles. The molecule has 0 aliphatic carbocycles. The Labute approximate surface area is 144 Å². The van der Waals surface area contributed by atoms with E-state index in [1.54, 1.807) is 17.5 Å². The fourth-order valence-electron chi connectivity index (χ4n) is 2.49. The van der Waals surface area contributed by atoms with Crippen LogP contribution in [0.5, 0.6) is 0 Å². The summed E-state index contributed by atoms with van der Waals surface area (Å²) < 4.78 is 26.7. The normalized spacial score (nSPS) is 18.9. The lowest BCUT2D eigenvalue weighted by Crippen LogP contribution is -2.51. The molecule has 2 amide bonds. The van der Waals surface area contributed by atoms with Crippen LogP contribution in [0.4, 0.5) is 4.79 Å². The predicted molar refractivity (Wildman–Crippen MR) is 89.5 cm³/mol. The van der Waals surface area contributed by atoms with Gasteiger partial charge in [0.25, 0.3) is 10.0 Å². The molecule has 134 valence electrons. The summed E-state index contributed by atoms with van der Waals surface area (Å²) in [5.41, 5.74) is 0. The highest BCUT2D eigenvalue weighted by atomic mass is 32.2. The molecule has 1 aliphatic heterocycles. The maximum absolute atomic E-state index is 12.5. The summed E-state index contributed by atoms with van der Waals surface area (Å²) in [7, 11) is -3.50. The highest BCUT2D eigenvalue weighted by Crippen LogP contribution is 2.24. The van der Waals surface area contributed by atoms with Crippen LogP contribution < -0.4 is 10.6 Å². The van der Waals surface area contributed by atoms with E-state index in [-0.39, 0.29) is 25.6 Å². The van der Waals surface area contributed by atoms with E-state index in [1.165, 1.54) is 15.6 Å². The largest absolute Gasteiger partial charge is 0.481 e. The SMILES string of the molecule is O=C(O)CCCNC(=O)N[C@@H]1CCCN(S(=O)(=O)c2cccs2)C1. The molecular weight excluding hydrogens is 354 g/mol. The number of sulfonamides is 1. The van der Waals surface area contributed by atoms with Crippen LogP contribution in [0.2, 0.25) is 0 Å². The number of thiophene rings is 1. The molecule has 1 fully saturated rings. The van der Waals surface area contributed by atoms with Crippen LogP contribution in [-0.4, -0.2) is 55.5 Å². The van der Waals surface area contributed by atoms with Gasteiger partial charge in [-0.3, -0.25) is 4.79 Å². The van der Waals surface area contributed by atoms with Gasteiger partial charge >= 0.3 is 12.0 Å². The quantitative estimate of drug-likeness (QED) is 0.617. The van der Waals surface area contributed by atoms with E-state index in [1.807, 2.05) is 0 Å². The summed E-state index contributed by atoms with van der Waals surface area (Å²) in [6, 6.07) is 2.61. The number of amides is 2. The maximum atomic E-state index is 12.5. The molecule has 0 radical (unpaired) electrons. The minimum atomic E-state index is -3.50. The van der Waals surface area contributed by atoms with Crippen LogP contribution in [0.15, 0.2) is 21.7 Å². The number of carboxylic acids is 1. The number of urea groups is 1. The molecule has 24 heavy (non-hydrogen) atoms. The first-order valence-electron chi connectivity index (χ1n) is 7.69. The molecule has 1 atom stereocenters. The van der Waals surface area contributed by atoms with Crippen molar-refractivity contribution in [1.29, 1.82) is 0 Å². The molecule has 1 aromatic heterocycles. The minimum absolute atomic E-state index is 0.00343. The molecule has 3 N–H and O–H groups in total. The number of hydrogen-bond donors (Lipinski definition) is 3. The lowest BCUT2D eigenvalue weighted by atomic mass is 10.1. The van der Waals surface area contributed by atoms with E-state index in [2.05, 4.69) is 10.6 Å². The highest BCUT2D eigenvalue weighted by molar-refractivity contribution is 7.91. The van der Waals surface area contributed by atoms with Crippen molar-refractivity contribution < 1.29 is 23.1 Å². The maximum Gasteiger partial charge on any atom is 0.315 e. The molecule has 1 saturated heterocycles. The Morgan fingerprint density at radius 3 is 2.88 bits per heavy atom. The van der Waals surface area contributed by atoms with E-state index in [0.717, 1.165) is 0 Å². The smallest absolute Gasteiger partial charge is 0.315 e. The fraction of sp³-hybridized carbons (Fsp3) is 0.571. The van der Waals surface area contributed by atoms with Gasteiger partial charge in [-0.2, -0.15) is 4.31 Å². The van der Waals surface area contributed by atoms with Crippen molar-refractivity contribution in [3.8, 4) is 0 Å². The van der Waals surface area contributed by atoms with E-state index in [0.29, 0.717) is 30.0 Å². The van der Waals surface area contributed by atoms with Crippen LogP contribution in [0.25, 0.3) is 0 Å². The fourth-order valence-corrected chi connectivity index (χ4v) is 5.16. The van der Waals surface area contributed by atoms with Crippen LogP contribution >= 0.6 is 11.3 Å². The summed E-state index contributed by atoms with van der Waals surface area (Å²) in [5.74, 6) is -0.904. The number of rotatable bonds is 7. The molecule has 2 rings (SSSR count). The zero-order chi connectivity index (χ0) is 17.6. The average Bonchev–Trinajstić information content (AvgIpc) is 3.07. The first kappa shape index (κ1) is 18.7. The molecule has 8 nitrogen and oxygen atoms in total. The number of aliphatic carboxylic acids is 1. The Morgan fingerprint density at radius 2 is 2.21 bits per heavy atom. The minimum Gasteiger partial charge on any atom is -0.481 e. The van der Waals surface area contributed by atoms with Crippen LogP contribution in [0.1, 0.15) is 25.7 Å². The van der Waals surface area contributed by atoms with Gasteiger partial charge in [-0.15, -0.1) is 11.3 Å². The van der Waals surface area contributed by atoms with Crippen molar-refractivity contribution in [3.05, 3.63) is 17.5 Å². The van der Waals surface area contributed by atoms with Crippen molar-refractivity contribution in [1.82, 2.24) is 14.9 Å². The van der Waals surface area contributed by atoms with Gasteiger partial charge < -0.3 is 15.7 Å². The van der Waals surface area contributed by atoms with E-state index >= 15 is 0 Å². The van der Waals surface area contributed by atoms with E-state index < -0.39 is 22.0 Å². The van der Waals surface area contributed by atoms with E-state index in [9.17, 15) is 18.0 Å². The molecular formula is C14H21N3O5S2.